The molecule has 0 amide bonds. The molecule has 0 aliphatic rings. The molecule has 0 aliphatic carbocycles. The zero-order chi connectivity index (χ0) is 15.0. The van der Waals surface area contributed by atoms with Crippen molar-refractivity contribution >= 4 is 0 Å². The lowest BCUT2D eigenvalue weighted by Crippen LogP contribution is -2.36. The molecule has 1 rings (SSSR count). The average molecular weight is 283 g/mol. The van der Waals surface area contributed by atoms with Gasteiger partial charge in [0.25, 0.3) is 0 Å². The van der Waals surface area contributed by atoms with E-state index in [9.17, 15) is 5.11 Å². The molecule has 0 radical (unpaired) electrons. The Morgan fingerprint density at radius 1 is 1.20 bits per heavy atom. The van der Waals surface area contributed by atoms with E-state index in [0.29, 0.717) is 24.7 Å². The number of benzene rings is 1. The van der Waals surface area contributed by atoms with Gasteiger partial charge in [-0.2, -0.15) is 0 Å². The zero-order valence-electron chi connectivity index (χ0n) is 12.7. The summed E-state index contributed by atoms with van der Waals surface area (Å²) in [5, 5.41) is 13.8. The average Bonchev–Trinajstić information content (AvgIpc) is 2.50. The molecule has 2 atom stereocenters. The van der Waals surface area contributed by atoms with Crippen LogP contribution in [0.3, 0.4) is 0 Å². The number of aliphatic hydroxyl groups excluding tert-OH is 1. The Labute approximate surface area is 120 Å². The Kier molecular flexibility index (Phi) is 7.36. The highest BCUT2D eigenvalue weighted by atomic mass is 16.5. The van der Waals surface area contributed by atoms with Gasteiger partial charge < -0.3 is 24.6 Å². The van der Waals surface area contributed by atoms with Crippen LogP contribution in [0.1, 0.15) is 25.0 Å². The minimum absolute atomic E-state index is 0.0487. The number of hydrogen-bond acceptors (Lipinski definition) is 5. The van der Waals surface area contributed by atoms with Gasteiger partial charge in [-0.15, -0.1) is 0 Å². The van der Waals surface area contributed by atoms with E-state index in [4.69, 9.17) is 14.2 Å². The van der Waals surface area contributed by atoms with Gasteiger partial charge in [-0.3, -0.25) is 0 Å². The Balaban J connectivity index is 2.85. The maximum atomic E-state index is 10.5. The molecule has 0 heterocycles. The molecular formula is C15H25NO4. The van der Waals surface area contributed by atoms with Gasteiger partial charge in [0.2, 0.25) is 0 Å². The smallest absolute Gasteiger partial charge is 0.128 e. The molecule has 5 heteroatoms. The lowest BCUT2D eigenvalue weighted by molar-refractivity contribution is 0.114. The summed E-state index contributed by atoms with van der Waals surface area (Å²) >= 11 is 0. The predicted octanol–water partition coefficient (Wildman–Crippen LogP) is 1.75. The number of rotatable bonds is 9. The zero-order valence-corrected chi connectivity index (χ0v) is 12.7. The minimum atomic E-state index is -0.641. The highest BCUT2D eigenvalue weighted by Crippen LogP contribution is 2.31. The summed E-state index contributed by atoms with van der Waals surface area (Å²) in [6, 6.07) is 5.39. The van der Waals surface area contributed by atoms with Crippen molar-refractivity contribution in [3.05, 3.63) is 23.8 Å². The lowest BCUT2D eigenvalue weighted by atomic mass is 9.99. The molecule has 2 unspecified atom stereocenters. The Morgan fingerprint density at radius 3 is 2.50 bits per heavy atom. The second-order valence-corrected chi connectivity index (χ2v) is 4.51. The third-order valence-electron chi connectivity index (χ3n) is 3.29. The number of hydrogen-bond donors (Lipinski definition) is 2. The first-order chi connectivity index (χ1) is 9.67. The summed E-state index contributed by atoms with van der Waals surface area (Å²) in [5.74, 6) is 1.34. The maximum absolute atomic E-state index is 10.5. The molecule has 0 saturated carbocycles. The molecule has 0 aromatic heterocycles. The van der Waals surface area contributed by atoms with Gasteiger partial charge in [-0.1, -0.05) is 6.92 Å². The normalized spacial score (nSPS) is 13.8. The van der Waals surface area contributed by atoms with Crippen LogP contribution in [-0.2, 0) is 4.74 Å². The second-order valence-electron chi connectivity index (χ2n) is 4.51. The molecule has 114 valence electrons. The van der Waals surface area contributed by atoms with Crippen molar-refractivity contribution in [2.75, 3.05) is 34.5 Å². The van der Waals surface area contributed by atoms with Crippen LogP contribution in [0.25, 0.3) is 0 Å². The van der Waals surface area contributed by atoms with Crippen LogP contribution >= 0.6 is 0 Å². The number of methoxy groups -OCH3 is 3. The Bertz CT molecular complexity index is 397. The summed E-state index contributed by atoms with van der Waals surface area (Å²) in [4.78, 5) is 0. The van der Waals surface area contributed by atoms with Gasteiger partial charge in [0, 0.05) is 31.3 Å². The van der Waals surface area contributed by atoms with Crippen LogP contribution in [0.2, 0.25) is 0 Å². The van der Waals surface area contributed by atoms with Crippen LogP contribution in [-0.4, -0.2) is 45.6 Å². The molecule has 0 saturated heterocycles. The van der Waals surface area contributed by atoms with Crippen LogP contribution in [0.15, 0.2) is 18.2 Å². The molecular weight excluding hydrogens is 258 g/mol. The van der Waals surface area contributed by atoms with Crippen molar-refractivity contribution in [3.8, 4) is 11.5 Å². The number of ether oxygens (including phenoxy) is 3. The van der Waals surface area contributed by atoms with E-state index in [1.165, 1.54) is 0 Å². The van der Waals surface area contributed by atoms with Crippen LogP contribution in [0, 0.1) is 0 Å². The van der Waals surface area contributed by atoms with Gasteiger partial charge in [0.1, 0.15) is 11.5 Å². The molecule has 2 N–H and O–H groups in total. The predicted molar refractivity (Wildman–Crippen MR) is 78.5 cm³/mol. The summed E-state index contributed by atoms with van der Waals surface area (Å²) < 4.78 is 15.5. The highest BCUT2D eigenvalue weighted by molar-refractivity contribution is 5.42. The maximum Gasteiger partial charge on any atom is 0.128 e. The summed E-state index contributed by atoms with van der Waals surface area (Å²) in [5.41, 5.74) is 0.755. The van der Waals surface area contributed by atoms with E-state index >= 15 is 0 Å². The minimum Gasteiger partial charge on any atom is -0.497 e. The van der Waals surface area contributed by atoms with Crippen molar-refractivity contribution in [1.82, 2.24) is 5.32 Å². The van der Waals surface area contributed by atoms with Crippen LogP contribution < -0.4 is 14.8 Å². The summed E-state index contributed by atoms with van der Waals surface area (Å²) in [7, 11) is 4.85. The molecule has 20 heavy (non-hydrogen) atoms. The van der Waals surface area contributed by atoms with E-state index < -0.39 is 6.10 Å². The fraction of sp³-hybridized carbons (Fsp3) is 0.600. The van der Waals surface area contributed by atoms with Gasteiger partial charge in [0.15, 0.2) is 0 Å². The van der Waals surface area contributed by atoms with E-state index in [-0.39, 0.29) is 6.04 Å². The Hall–Kier alpha value is -1.30. The van der Waals surface area contributed by atoms with Crippen molar-refractivity contribution in [1.29, 1.82) is 0 Å². The first-order valence-electron chi connectivity index (χ1n) is 6.80. The first kappa shape index (κ1) is 16.8. The van der Waals surface area contributed by atoms with E-state index in [1.807, 2.05) is 19.1 Å². The fourth-order valence-electron chi connectivity index (χ4n) is 2.11. The van der Waals surface area contributed by atoms with Crippen LogP contribution in [0.4, 0.5) is 0 Å². The molecule has 1 aromatic carbocycles. The van der Waals surface area contributed by atoms with Gasteiger partial charge in [-0.25, -0.2) is 0 Å². The third-order valence-corrected chi connectivity index (χ3v) is 3.29. The fourth-order valence-corrected chi connectivity index (χ4v) is 2.11. The number of nitrogens with one attached hydrogen (secondary N) is 1. The van der Waals surface area contributed by atoms with Crippen molar-refractivity contribution in [2.45, 2.75) is 25.5 Å². The second kappa shape index (κ2) is 8.79. The molecule has 0 bridgehead atoms. The van der Waals surface area contributed by atoms with Crippen molar-refractivity contribution in [2.24, 2.45) is 0 Å². The summed E-state index contributed by atoms with van der Waals surface area (Å²) in [6.45, 7) is 3.34. The highest BCUT2D eigenvalue weighted by Gasteiger charge is 2.22. The Morgan fingerprint density at radius 2 is 1.95 bits per heavy atom. The number of aliphatic hydroxyl groups is 1. The van der Waals surface area contributed by atoms with Gasteiger partial charge >= 0.3 is 0 Å². The topological polar surface area (TPSA) is 60.0 Å². The largest absolute Gasteiger partial charge is 0.497 e. The third kappa shape index (κ3) is 4.37. The standard InChI is InChI=1S/C15H25NO4/c1-5-13(16-8-9-18-2)15(17)12-7-6-11(19-3)10-14(12)20-4/h6-7,10,13,15-17H,5,8-9H2,1-4H3. The quantitative estimate of drug-likeness (QED) is 0.676. The van der Waals surface area contributed by atoms with Crippen LogP contribution in [0.5, 0.6) is 11.5 Å². The van der Waals surface area contributed by atoms with E-state index in [2.05, 4.69) is 5.32 Å². The molecule has 0 spiro atoms. The van der Waals surface area contributed by atoms with Crippen molar-refractivity contribution in [3.63, 3.8) is 0 Å². The van der Waals surface area contributed by atoms with E-state index in [0.717, 1.165) is 12.0 Å². The van der Waals surface area contributed by atoms with Crippen molar-refractivity contribution < 1.29 is 19.3 Å². The molecule has 0 aliphatic heterocycles. The lowest BCUT2D eigenvalue weighted by Gasteiger charge is -2.25. The molecule has 5 nitrogen and oxygen atoms in total. The van der Waals surface area contributed by atoms with E-state index in [1.54, 1.807) is 27.4 Å². The first-order valence-corrected chi connectivity index (χ1v) is 6.80. The monoisotopic (exact) mass is 283 g/mol. The SMILES string of the molecule is CCC(NCCOC)C(O)c1ccc(OC)cc1OC. The summed E-state index contributed by atoms with van der Waals surface area (Å²) in [6.07, 6.45) is 0.165. The van der Waals surface area contributed by atoms with Gasteiger partial charge in [0.05, 0.1) is 26.9 Å². The van der Waals surface area contributed by atoms with Gasteiger partial charge in [-0.05, 0) is 18.6 Å². The molecule has 0 fully saturated rings. The molecule has 1 aromatic rings.